The number of hydrogen-bond acceptors (Lipinski definition) is 3. The van der Waals surface area contributed by atoms with E-state index in [1.165, 1.54) is 15.6 Å². The maximum absolute atomic E-state index is 4.72. The third-order valence-corrected chi connectivity index (χ3v) is 4.09. The molecule has 80 valence electrons. The molecule has 1 aromatic rings. The molecule has 0 aromatic carbocycles. The molecule has 0 N–H and O–H groups in total. The average Bonchev–Trinajstić information content (AvgIpc) is 2.45. The summed E-state index contributed by atoms with van der Waals surface area (Å²) in [4.78, 5) is 6.05. The van der Waals surface area contributed by atoms with Crippen LogP contribution in [0, 0.1) is 0 Å². The molecule has 0 aliphatic heterocycles. The lowest BCUT2D eigenvalue weighted by molar-refractivity contribution is 0.581. The van der Waals surface area contributed by atoms with Crippen LogP contribution in [0.25, 0.3) is 0 Å². The van der Waals surface area contributed by atoms with Gasteiger partial charge in [0.1, 0.15) is 0 Å². The summed E-state index contributed by atoms with van der Waals surface area (Å²) >= 11 is 6.16. The number of thiazole rings is 1. The van der Waals surface area contributed by atoms with E-state index in [9.17, 15) is 0 Å². The molecule has 0 amide bonds. The fourth-order valence-electron chi connectivity index (χ4n) is 1.25. The Morgan fingerprint density at radius 1 is 1.36 bits per heavy atom. The Hall–Kier alpha value is -0.0200. The average molecular weight is 229 g/mol. The summed E-state index contributed by atoms with van der Waals surface area (Å²) in [7, 11) is 0. The minimum Gasteiger partial charge on any atom is -0.245 e. The SMILES string of the molecule is CC(C)c1nc(C(C)(C)C)sc1CS. The van der Waals surface area contributed by atoms with Crippen LogP contribution < -0.4 is 0 Å². The van der Waals surface area contributed by atoms with Gasteiger partial charge in [0.2, 0.25) is 0 Å². The standard InChI is InChI=1S/C11H19NS2/c1-7(2)9-8(6-13)14-10(12-9)11(3,4)5/h7,13H,6H2,1-5H3. The second-order valence-electron chi connectivity index (χ2n) is 4.89. The van der Waals surface area contributed by atoms with Crippen molar-refractivity contribution in [1.29, 1.82) is 0 Å². The van der Waals surface area contributed by atoms with Crippen LogP contribution in [0.3, 0.4) is 0 Å². The fraction of sp³-hybridized carbons (Fsp3) is 0.727. The summed E-state index contributed by atoms with van der Waals surface area (Å²) in [6.07, 6.45) is 0. The molecule has 0 aliphatic rings. The summed E-state index contributed by atoms with van der Waals surface area (Å²) in [6.45, 7) is 11.0. The first-order valence-electron chi connectivity index (χ1n) is 4.97. The summed E-state index contributed by atoms with van der Waals surface area (Å²) in [5.41, 5.74) is 1.39. The third kappa shape index (κ3) is 2.51. The Morgan fingerprint density at radius 2 is 1.93 bits per heavy atom. The minimum absolute atomic E-state index is 0.162. The van der Waals surface area contributed by atoms with Crippen LogP contribution in [-0.4, -0.2) is 4.98 Å². The van der Waals surface area contributed by atoms with Crippen molar-refractivity contribution in [3.63, 3.8) is 0 Å². The monoisotopic (exact) mass is 229 g/mol. The van der Waals surface area contributed by atoms with Gasteiger partial charge in [-0.15, -0.1) is 11.3 Å². The molecular formula is C11H19NS2. The summed E-state index contributed by atoms with van der Waals surface area (Å²) in [5, 5.41) is 1.23. The summed E-state index contributed by atoms with van der Waals surface area (Å²) in [6, 6.07) is 0. The predicted octanol–water partition coefficient (Wildman–Crippen LogP) is 3.99. The van der Waals surface area contributed by atoms with Gasteiger partial charge in [-0.3, -0.25) is 0 Å². The first-order chi connectivity index (χ1) is 6.36. The normalized spacial score (nSPS) is 12.5. The van der Waals surface area contributed by atoms with Crippen molar-refractivity contribution in [3.8, 4) is 0 Å². The summed E-state index contributed by atoms with van der Waals surface area (Å²) < 4.78 is 0. The molecule has 1 rings (SSSR count). The van der Waals surface area contributed by atoms with Crippen molar-refractivity contribution < 1.29 is 0 Å². The van der Waals surface area contributed by atoms with Gasteiger partial charge in [-0.2, -0.15) is 12.6 Å². The quantitative estimate of drug-likeness (QED) is 0.757. The molecule has 0 saturated carbocycles. The maximum Gasteiger partial charge on any atom is 0.0985 e. The number of thiol groups is 1. The van der Waals surface area contributed by atoms with Gasteiger partial charge in [-0.25, -0.2) is 4.98 Å². The fourth-order valence-corrected chi connectivity index (χ4v) is 2.74. The van der Waals surface area contributed by atoms with Crippen LogP contribution in [0.15, 0.2) is 0 Å². The summed E-state index contributed by atoms with van der Waals surface area (Å²) in [5.74, 6) is 1.31. The maximum atomic E-state index is 4.72. The third-order valence-electron chi connectivity index (χ3n) is 2.06. The Morgan fingerprint density at radius 3 is 2.21 bits per heavy atom. The Bertz CT molecular complexity index is 308. The van der Waals surface area contributed by atoms with Crippen molar-refractivity contribution in [2.24, 2.45) is 0 Å². The molecule has 0 saturated heterocycles. The van der Waals surface area contributed by atoms with Crippen molar-refractivity contribution in [2.75, 3.05) is 0 Å². The second kappa shape index (κ2) is 4.23. The van der Waals surface area contributed by atoms with Crippen LogP contribution >= 0.6 is 24.0 Å². The van der Waals surface area contributed by atoms with E-state index in [2.05, 4.69) is 47.2 Å². The zero-order valence-corrected chi connectivity index (χ0v) is 11.3. The van der Waals surface area contributed by atoms with E-state index in [0.717, 1.165) is 5.75 Å². The zero-order valence-electron chi connectivity index (χ0n) is 9.59. The molecule has 1 heterocycles. The zero-order chi connectivity index (χ0) is 10.9. The second-order valence-corrected chi connectivity index (χ2v) is 6.29. The molecule has 3 heteroatoms. The molecule has 0 spiro atoms. The van der Waals surface area contributed by atoms with Crippen LogP contribution in [-0.2, 0) is 11.2 Å². The van der Waals surface area contributed by atoms with Gasteiger partial charge in [-0.05, 0) is 5.92 Å². The minimum atomic E-state index is 0.162. The lowest BCUT2D eigenvalue weighted by Gasteiger charge is -2.13. The molecule has 1 aromatic heterocycles. The van der Waals surface area contributed by atoms with Gasteiger partial charge in [0.25, 0.3) is 0 Å². The molecular weight excluding hydrogens is 210 g/mol. The van der Waals surface area contributed by atoms with Crippen LogP contribution in [0.2, 0.25) is 0 Å². The van der Waals surface area contributed by atoms with Gasteiger partial charge in [0.05, 0.1) is 10.7 Å². The highest BCUT2D eigenvalue weighted by molar-refractivity contribution is 7.79. The van der Waals surface area contributed by atoms with Gasteiger partial charge >= 0.3 is 0 Å². The number of rotatable bonds is 2. The van der Waals surface area contributed by atoms with Crippen molar-refractivity contribution >= 4 is 24.0 Å². The first kappa shape index (κ1) is 12.1. The van der Waals surface area contributed by atoms with E-state index in [0.29, 0.717) is 5.92 Å². The molecule has 0 bridgehead atoms. The topological polar surface area (TPSA) is 12.9 Å². The van der Waals surface area contributed by atoms with E-state index in [1.807, 2.05) is 11.3 Å². The van der Waals surface area contributed by atoms with E-state index >= 15 is 0 Å². The number of aromatic nitrogens is 1. The van der Waals surface area contributed by atoms with Crippen LogP contribution in [0.5, 0.6) is 0 Å². The Balaban J connectivity index is 3.13. The smallest absolute Gasteiger partial charge is 0.0985 e. The molecule has 0 fully saturated rings. The molecule has 14 heavy (non-hydrogen) atoms. The molecule has 0 unspecified atom stereocenters. The van der Waals surface area contributed by atoms with Crippen LogP contribution in [0.1, 0.15) is 56.1 Å². The molecule has 1 nitrogen and oxygen atoms in total. The molecule has 0 radical (unpaired) electrons. The highest BCUT2D eigenvalue weighted by atomic mass is 32.1. The lowest BCUT2D eigenvalue weighted by atomic mass is 9.98. The first-order valence-corrected chi connectivity index (χ1v) is 6.42. The lowest BCUT2D eigenvalue weighted by Crippen LogP contribution is -2.10. The highest BCUT2D eigenvalue weighted by Crippen LogP contribution is 2.33. The Kier molecular flexibility index (Phi) is 3.64. The van der Waals surface area contributed by atoms with Gasteiger partial charge in [0, 0.05) is 16.0 Å². The van der Waals surface area contributed by atoms with E-state index in [1.54, 1.807) is 0 Å². The van der Waals surface area contributed by atoms with Crippen molar-refractivity contribution in [1.82, 2.24) is 4.98 Å². The van der Waals surface area contributed by atoms with E-state index in [4.69, 9.17) is 4.98 Å². The van der Waals surface area contributed by atoms with E-state index in [-0.39, 0.29) is 5.41 Å². The molecule has 0 aliphatic carbocycles. The number of nitrogens with zero attached hydrogens (tertiary/aromatic N) is 1. The van der Waals surface area contributed by atoms with Gasteiger partial charge in [-0.1, -0.05) is 34.6 Å². The predicted molar refractivity (Wildman–Crippen MR) is 67.6 cm³/mol. The van der Waals surface area contributed by atoms with E-state index < -0.39 is 0 Å². The van der Waals surface area contributed by atoms with Gasteiger partial charge in [0.15, 0.2) is 0 Å². The highest BCUT2D eigenvalue weighted by Gasteiger charge is 2.21. The van der Waals surface area contributed by atoms with Gasteiger partial charge < -0.3 is 0 Å². The van der Waals surface area contributed by atoms with Crippen molar-refractivity contribution in [2.45, 2.75) is 51.7 Å². The molecule has 0 atom stereocenters. The largest absolute Gasteiger partial charge is 0.245 e. The Labute approximate surface area is 96.4 Å². The van der Waals surface area contributed by atoms with Crippen molar-refractivity contribution in [3.05, 3.63) is 15.6 Å². The van der Waals surface area contributed by atoms with Crippen LogP contribution in [0.4, 0.5) is 0 Å². The number of hydrogen-bond donors (Lipinski definition) is 1.